The highest BCUT2D eigenvalue weighted by atomic mass is 35.5. The Labute approximate surface area is 62.4 Å². The number of fused-ring (bicyclic) bond motifs is 1. The maximum Gasteiger partial charge on any atom is 0.233 e. The molecule has 0 aliphatic carbocycles. The minimum Gasteiger partial charge on any atom is -0.343 e. The van der Waals surface area contributed by atoms with Gasteiger partial charge in [0.05, 0.1) is 5.39 Å². The molecule has 50 valence electrons. The van der Waals surface area contributed by atoms with E-state index in [0.717, 1.165) is 10.9 Å². The molecule has 1 aromatic carbocycles. The fourth-order valence-electron chi connectivity index (χ4n) is 0.858. The van der Waals surface area contributed by atoms with Gasteiger partial charge in [-0.05, 0) is 23.7 Å². The number of rotatable bonds is 0. The average Bonchev–Trinajstić information content (AvgIpc) is 2.34. The van der Waals surface area contributed by atoms with Crippen molar-refractivity contribution in [2.45, 2.75) is 0 Å². The van der Waals surface area contributed by atoms with Crippen molar-refractivity contribution in [2.24, 2.45) is 0 Å². The predicted molar refractivity (Wildman–Crippen MR) is 39.0 cm³/mol. The van der Waals surface area contributed by atoms with E-state index >= 15 is 0 Å². The van der Waals surface area contributed by atoms with E-state index in [0.29, 0.717) is 5.22 Å². The Morgan fingerprint density at radius 1 is 1.30 bits per heavy atom. The molecule has 0 fully saturated rings. The molecule has 0 amide bonds. The first-order valence-corrected chi connectivity index (χ1v) is 3.25. The monoisotopic (exact) mass is 153 g/mol. The van der Waals surface area contributed by atoms with E-state index < -0.39 is 0 Å². The molecule has 0 saturated carbocycles. The normalized spacial score (nSPS) is 10.5. The maximum absolute atomic E-state index is 5.64. The van der Waals surface area contributed by atoms with Crippen LogP contribution in [0.1, 0.15) is 0 Å². The van der Waals surface area contributed by atoms with Crippen molar-refractivity contribution in [3.8, 4) is 0 Å². The number of benzene rings is 1. The zero-order valence-electron chi connectivity index (χ0n) is 5.04. The van der Waals surface area contributed by atoms with Crippen LogP contribution >= 0.6 is 11.6 Å². The van der Waals surface area contributed by atoms with Crippen LogP contribution in [0.25, 0.3) is 10.9 Å². The third kappa shape index (κ3) is 0.693. The molecule has 3 heteroatoms. The molecule has 0 N–H and O–H groups in total. The van der Waals surface area contributed by atoms with Crippen LogP contribution in [0.2, 0.25) is 5.22 Å². The number of hydrogen-bond acceptors (Lipinski definition) is 2. The lowest BCUT2D eigenvalue weighted by atomic mass is 10.3. The fourth-order valence-corrected chi connectivity index (χ4v) is 1.05. The van der Waals surface area contributed by atoms with Crippen LogP contribution in [-0.2, 0) is 0 Å². The van der Waals surface area contributed by atoms with E-state index in [-0.39, 0.29) is 0 Å². The van der Waals surface area contributed by atoms with E-state index in [4.69, 9.17) is 16.1 Å². The Kier molecular flexibility index (Phi) is 1.14. The van der Waals surface area contributed by atoms with Gasteiger partial charge < -0.3 is 4.52 Å². The summed E-state index contributed by atoms with van der Waals surface area (Å²) in [4.78, 5) is 0. The summed E-state index contributed by atoms with van der Waals surface area (Å²) in [5.41, 5.74) is 0.799. The van der Waals surface area contributed by atoms with Gasteiger partial charge in [-0.3, -0.25) is 0 Å². The van der Waals surface area contributed by atoms with Crippen LogP contribution in [-0.4, -0.2) is 5.16 Å². The van der Waals surface area contributed by atoms with Gasteiger partial charge in [-0.25, -0.2) is 0 Å². The molecule has 0 aliphatic heterocycles. The Morgan fingerprint density at radius 2 is 2.10 bits per heavy atom. The molecule has 10 heavy (non-hydrogen) atoms. The molecular weight excluding hydrogens is 150 g/mol. The Bertz CT molecular complexity index is 355. The van der Waals surface area contributed by atoms with Crippen molar-refractivity contribution in [1.82, 2.24) is 5.16 Å². The lowest BCUT2D eigenvalue weighted by Crippen LogP contribution is -1.62. The van der Waals surface area contributed by atoms with E-state index in [1.807, 2.05) is 24.3 Å². The number of hydrogen-bond donors (Lipinski definition) is 0. The molecule has 0 atom stereocenters. The zero-order chi connectivity index (χ0) is 6.97. The summed E-state index contributed by atoms with van der Waals surface area (Å²) in [6.07, 6.45) is 0. The van der Waals surface area contributed by atoms with E-state index in [1.165, 1.54) is 0 Å². The third-order valence-electron chi connectivity index (χ3n) is 1.34. The van der Waals surface area contributed by atoms with E-state index in [1.54, 1.807) is 0 Å². The van der Waals surface area contributed by atoms with Crippen LogP contribution in [0.15, 0.2) is 28.8 Å². The molecule has 1 aromatic heterocycles. The van der Waals surface area contributed by atoms with Crippen LogP contribution < -0.4 is 0 Å². The van der Waals surface area contributed by atoms with Crippen molar-refractivity contribution in [1.29, 1.82) is 0 Å². The molecular formula is C7H4ClNO. The summed E-state index contributed by atoms with van der Waals surface area (Å²) >= 11 is 5.64. The summed E-state index contributed by atoms with van der Waals surface area (Å²) in [6.45, 7) is 0. The van der Waals surface area contributed by atoms with Gasteiger partial charge in [0, 0.05) is 0 Å². The molecule has 2 aromatic rings. The third-order valence-corrected chi connectivity index (χ3v) is 1.61. The fraction of sp³-hybridized carbons (Fsp3) is 0. The lowest BCUT2D eigenvalue weighted by Gasteiger charge is -1.80. The minimum absolute atomic E-state index is 0.357. The summed E-state index contributed by atoms with van der Waals surface area (Å²) in [5, 5.41) is 4.93. The topological polar surface area (TPSA) is 26.0 Å². The zero-order valence-corrected chi connectivity index (χ0v) is 5.80. The van der Waals surface area contributed by atoms with Crippen LogP contribution in [0, 0.1) is 0 Å². The second-order valence-electron chi connectivity index (χ2n) is 1.97. The smallest absolute Gasteiger partial charge is 0.233 e. The first-order valence-electron chi connectivity index (χ1n) is 2.88. The van der Waals surface area contributed by atoms with Gasteiger partial charge in [-0.2, -0.15) is 0 Å². The summed E-state index contributed by atoms with van der Waals surface area (Å²) < 4.78 is 4.73. The molecule has 1 heterocycles. The first kappa shape index (κ1) is 5.74. The quantitative estimate of drug-likeness (QED) is 0.581. The molecule has 0 aliphatic rings. The van der Waals surface area contributed by atoms with Crippen LogP contribution in [0.3, 0.4) is 0 Å². The number of halogens is 1. The van der Waals surface area contributed by atoms with Crippen molar-refractivity contribution < 1.29 is 4.52 Å². The molecule has 0 radical (unpaired) electrons. The summed E-state index contributed by atoms with van der Waals surface area (Å²) in [5.74, 6) is 0. The summed E-state index contributed by atoms with van der Waals surface area (Å²) in [7, 11) is 0. The largest absolute Gasteiger partial charge is 0.343 e. The second kappa shape index (κ2) is 1.99. The SMILES string of the molecule is Clc1onc2ccccc12. The van der Waals surface area contributed by atoms with Gasteiger partial charge in [0.2, 0.25) is 5.22 Å². The van der Waals surface area contributed by atoms with Crippen LogP contribution in [0.4, 0.5) is 0 Å². The molecule has 0 saturated heterocycles. The predicted octanol–water partition coefficient (Wildman–Crippen LogP) is 2.48. The molecule has 0 spiro atoms. The average molecular weight is 154 g/mol. The first-order chi connectivity index (χ1) is 4.88. The molecule has 0 unspecified atom stereocenters. The molecule has 2 rings (SSSR count). The lowest BCUT2D eigenvalue weighted by molar-refractivity contribution is 0.430. The van der Waals surface area contributed by atoms with Gasteiger partial charge >= 0.3 is 0 Å². The van der Waals surface area contributed by atoms with Crippen LogP contribution in [0.5, 0.6) is 0 Å². The number of nitrogens with zero attached hydrogens (tertiary/aromatic N) is 1. The van der Waals surface area contributed by atoms with E-state index in [9.17, 15) is 0 Å². The van der Waals surface area contributed by atoms with Gasteiger partial charge in [-0.15, -0.1) is 0 Å². The Morgan fingerprint density at radius 3 is 2.90 bits per heavy atom. The Hall–Kier alpha value is -1.02. The van der Waals surface area contributed by atoms with Gasteiger partial charge in [-0.1, -0.05) is 17.3 Å². The highest BCUT2D eigenvalue weighted by molar-refractivity contribution is 6.33. The van der Waals surface area contributed by atoms with Gasteiger partial charge in [0.15, 0.2) is 0 Å². The molecule has 2 nitrogen and oxygen atoms in total. The highest BCUT2D eigenvalue weighted by Crippen LogP contribution is 2.21. The highest BCUT2D eigenvalue weighted by Gasteiger charge is 2.01. The number of aromatic nitrogens is 1. The maximum atomic E-state index is 5.64. The van der Waals surface area contributed by atoms with Crippen molar-refractivity contribution in [2.75, 3.05) is 0 Å². The molecule has 0 bridgehead atoms. The van der Waals surface area contributed by atoms with Crippen molar-refractivity contribution in [3.05, 3.63) is 29.5 Å². The van der Waals surface area contributed by atoms with E-state index in [2.05, 4.69) is 5.16 Å². The summed E-state index contributed by atoms with van der Waals surface area (Å²) in [6, 6.07) is 7.51. The van der Waals surface area contributed by atoms with Gasteiger partial charge in [0.1, 0.15) is 5.52 Å². The minimum atomic E-state index is 0.357. The van der Waals surface area contributed by atoms with Gasteiger partial charge in [0.25, 0.3) is 0 Å². The second-order valence-corrected chi connectivity index (χ2v) is 2.32. The van der Waals surface area contributed by atoms with Crippen molar-refractivity contribution >= 4 is 22.5 Å². The Balaban J connectivity index is 2.93. The van der Waals surface area contributed by atoms with Crippen molar-refractivity contribution in [3.63, 3.8) is 0 Å². The standard InChI is InChI=1S/C7H4ClNO/c8-7-5-3-1-2-4-6(5)9-10-7/h1-4H.